The molecule has 7 heteroatoms. The number of nitrogens with two attached hydrogens (primary N) is 1. The number of nitrogens with zero attached hydrogens (tertiary/aromatic N) is 3. The summed E-state index contributed by atoms with van der Waals surface area (Å²) in [6, 6.07) is 1.67. The largest absolute Gasteiger partial charge is 0.386 e. The Balaban J connectivity index is 0.00000127. The van der Waals surface area contributed by atoms with Crippen LogP contribution < -0.4 is 16.6 Å². The molecule has 1 fully saturated rings. The maximum atomic E-state index is 12.0. The standard InChI is InChI=1S/C14H20BrN5O.C2H6/c1-3-20-5-4-17-11(9-20)7-13(16)18-12-6-10(15)8-19(2)14(12)21;1-2/h6-8,17H,3-5,9H2,1-2H3,(H2,16,18);1-2H3/b11-7-;. The van der Waals surface area contributed by atoms with Crippen LogP contribution in [0.25, 0.3) is 0 Å². The molecule has 0 bridgehead atoms. The summed E-state index contributed by atoms with van der Waals surface area (Å²) >= 11 is 3.35. The van der Waals surface area contributed by atoms with Crippen molar-refractivity contribution in [3.8, 4) is 0 Å². The van der Waals surface area contributed by atoms with Crippen LogP contribution in [0.3, 0.4) is 0 Å². The van der Waals surface area contributed by atoms with Crippen molar-refractivity contribution in [2.24, 2.45) is 17.8 Å². The van der Waals surface area contributed by atoms with Crippen molar-refractivity contribution < 1.29 is 0 Å². The molecule has 0 atom stereocenters. The van der Waals surface area contributed by atoms with E-state index >= 15 is 0 Å². The quantitative estimate of drug-likeness (QED) is 0.617. The van der Waals surface area contributed by atoms with Crippen molar-refractivity contribution in [1.29, 1.82) is 0 Å². The van der Waals surface area contributed by atoms with Crippen molar-refractivity contribution in [2.75, 3.05) is 26.2 Å². The molecule has 128 valence electrons. The Morgan fingerprint density at radius 2 is 2.22 bits per heavy atom. The molecule has 1 aliphatic rings. The maximum Gasteiger partial charge on any atom is 0.276 e. The topological polar surface area (TPSA) is 75.7 Å². The average molecular weight is 384 g/mol. The first kappa shape index (κ1) is 19.4. The summed E-state index contributed by atoms with van der Waals surface area (Å²) in [5, 5.41) is 3.30. The maximum absolute atomic E-state index is 12.0. The van der Waals surface area contributed by atoms with Crippen molar-refractivity contribution in [2.45, 2.75) is 20.8 Å². The van der Waals surface area contributed by atoms with E-state index in [1.807, 2.05) is 13.8 Å². The highest BCUT2D eigenvalue weighted by molar-refractivity contribution is 9.10. The van der Waals surface area contributed by atoms with Gasteiger partial charge in [-0.1, -0.05) is 20.8 Å². The number of aliphatic imine (C=N–C) groups is 1. The molecule has 1 aliphatic heterocycles. The fraction of sp³-hybridized carbons (Fsp3) is 0.500. The van der Waals surface area contributed by atoms with Crippen molar-refractivity contribution in [3.05, 3.63) is 38.9 Å². The second kappa shape index (κ2) is 9.52. The first-order chi connectivity index (χ1) is 11.0. The van der Waals surface area contributed by atoms with Crippen LogP contribution >= 0.6 is 15.9 Å². The van der Waals surface area contributed by atoms with Crippen molar-refractivity contribution in [1.82, 2.24) is 14.8 Å². The van der Waals surface area contributed by atoms with Gasteiger partial charge in [-0.3, -0.25) is 9.69 Å². The number of hydrogen-bond acceptors (Lipinski definition) is 4. The number of pyridine rings is 1. The molecule has 1 saturated heterocycles. The number of amidine groups is 1. The number of halogens is 1. The molecule has 0 amide bonds. The third kappa shape index (κ3) is 5.84. The second-order valence-corrected chi connectivity index (χ2v) is 5.88. The van der Waals surface area contributed by atoms with Gasteiger partial charge in [-0.05, 0) is 28.5 Å². The van der Waals surface area contributed by atoms with Gasteiger partial charge in [0.2, 0.25) is 0 Å². The molecule has 23 heavy (non-hydrogen) atoms. The van der Waals surface area contributed by atoms with Crippen LogP contribution in [0.1, 0.15) is 20.8 Å². The minimum absolute atomic E-state index is 0.175. The van der Waals surface area contributed by atoms with Gasteiger partial charge in [-0.25, -0.2) is 4.99 Å². The molecule has 0 unspecified atom stereocenters. The van der Waals surface area contributed by atoms with Gasteiger partial charge in [-0.15, -0.1) is 0 Å². The Morgan fingerprint density at radius 1 is 1.52 bits per heavy atom. The lowest BCUT2D eigenvalue weighted by Crippen LogP contribution is -2.42. The molecule has 0 spiro atoms. The van der Waals surface area contributed by atoms with Gasteiger partial charge in [0.1, 0.15) is 11.5 Å². The number of likely N-dealkylation sites (N-methyl/N-ethyl adjacent to an activating group) is 1. The first-order valence-corrected chi connectivity index (χ1v) is 8.66. The highest BCUT2D eigenvalue weighted by Crippen LogP contribution is 2.14. The van der Waals surface area contributed by atoms with E-state index < -0.39 is 0 Å². The monoisotopic (exact) mass is 383 g/mol. The summed E-state index contributed by atoms with van der Waals surface area (Å²) in [6.45, 7) is 9.87. The Hall–Kier alpha value is -1.60. The van der Waals surface area contributed by atoms with Crippen LogP contribution in [0.5, 0.6) is 0 Å². The molecular formula is C16H26BrN5O. The SMILES string of the molecule is CC.CCN1CCN/C(=C\C(N)=Nc2cc(Br)cn(C)c2=O)C1. The highest BCUT2D eigenvalue weighted by atomic mass is 79.9. The zero-order valence-electron chi connectivity index (χ0n) is 14.3. The summed E-state index contributed by atoms with van der Waals surface area (Å²) in [5.74, 6) is 0.325. The molecule has 0 aliphatic carbocycles. The average Bonchev–Trinajstić information content (AvgIpc) is 2.54. The van der Waals surface area contributed by atoms with Gasteiger partial charge in [-0.2, -0.15) is 0 Å². The van der Waals surface area contributed by atoms with Gasteiger partial charge in [0.25, 0.3) is 5.56 Å². The Kier molecular flexibility index (Phi) is 8.05. The molecule has 2 rings (SSSR count). The fourth-order valence-electron chi connectivity index (χ4n) is 2.20. The van der Waals surface area contributed by atoms with Crippen molar-refractivity contribution >= 4 is 27.5 Å². The zero-order valence-corrected chi connectivity index (χ0v) is 15.9. The number of aryl methyl sites for hydroxylation is 1. The molecule has 6 nitrogen and oxygen atoms in total. The van der Waals surface area contributed by atoms with Gasteiger partial charge >= 0.3 is 0 Å². The minimum Gasteiger partial charge on any atom is -0.386 e. The van der Waals surface area contributed by atoms with E-state index in [0.717, 1.165) is 36.3 Å². The van der Waals surface area contributed by atoms with E-state index in [0.29, 0.717) is 11.5 Å². The van der Waals surface area contributed by atoms with E-state index in [1.54, 1.807) is 25.4 Å². The van der Waals surface area contributed by atoms with E-state index in [4.69, 9.17) is 5.73 Å². The zero-order chi connectivity index (χ0) is 17.4. The van der Waals surface area contributed by atoms with Gasteiger partial charge in [0.05, 0.1) is 0 Å². The lowest BCUT2D eigenvalue weighted by Gasteiger charge is -2.28. The summed E-state index contributed by atoms with van der Waals surface area (Å²) in [5.41, 5.74) is 7.12. The summed E-state index contributed by atoms with van der Waals surface area (Å²) < 4.78 is 2.26. The molecule has 2 heterocycles. The van der Waals surface area contributed by atoms with Crippen LogP contribution in [0.15, 0.2) is 38.3 Å². The molecular weight excluding hydrogens is 358 g/mol. The number of nitrogens with one attached hydrogen (secondary N) is 1. The number of piperazine rings is 1. The van der Waals surface area contributed by atoms with E-state index in [-0.39, 0.29) is 5.56 Å². The van der Waals surface area contributed by atoms with Gasteiger partial charge in [0, 0.05) is 49.1 Å². The second-order valence-electron chi connectivity index (χ2n) is 4.96. The lowest BCUT2D eigenvalue weighted by molar-refractivity contribution is 0.280. The Morgan fingerprint density at radius 3 is 2.87 bits per heavy atom. The number of rotatable bonds is 3. The van der Waals surface area contributed by atoms with Crippen LogP contribution in [-0.2, 0) is 7.05 Å². The molecule has 3 N–H and O–H groups in total. The molecule has 0 aromatic carbocycles. The molecule has 1 aromatic heterocycles. The first-order valence-electron chi connectivity index (χ1n) is 7.86. The van der Waals surface area contributed by atoms with Crippen LogP contribution in [0.4, 0.5) is 5.69 Å². The predicted molar refractivity (Wildman–Crippen MR) is 100 cm³/mol. The third-order valence-electron chi connectivity index (χ3n) is 3.32. The fourth-order valence-corrected chi connectivity index (χ4v) is 2.72. The van der Waals surface area contributed by atoms with Gasteiger partial charge in [0.15, 0.2) is 0 Å². The summed E-state index contributed by atoms with van der Waals surface area (Å²) in [4.78, 5) is 18.5. The van der Waals surface area contributed by atoms with Gasteiger partial charge < -0.3 is 15.6 Å². The smallest absolute Gasteiger partial charge is 0.276 e. The van der Waals surface area contributed by atoms with Crippen LogP contribution in [0, 0.1) is 0 Å². The lowest BCUT2D eigenvalue weighted by atomic mass is 10.2. The third-order valence-corrected chi connectivity index (χ3v) is 3.76. The number of hydrogen-bond donors (Lipinski definition) is 2. The van der Waals surface area contributed by atoms with E-state index in [1.165, 1.54) is 4.57 Å². The summed E-state index contributed by atoms with van der Waals surface area (Å²) in [7, 11) is 1.68. The van der Waals surface area contributed by atoms with E-state index in [9.17, 15) is 4.79 Å². The van der Waals surface area contributed by atoms with Crippen LogP contribution in [0.2, 0.25) is 0 Å². The Labute approximate surface area is 146 Å². The summed E-state index contributed by atoms with van der Waals surface area (Å²) in [6.07, 6.45) is 3.49. The molecule has 0 radical (unpaired) electrons. The predicted octanol–water partition coefficient (Wildman–Crippen LogP) is 1.97. The van der Waals surface area contributed by atoms with Crippen molar-refractivity contribution in [3.63, 3.8) is 0 Å². The van der Waals surface area contributed by atoms with Crippen LogP contribution in [-0.4, -0.2) is 41.5 Å². The number of aromatic nitrogens is 1. The highest BCUT2D eigenvalue weighted by Gasteiger charge is 2.11. The minimum atomic E-state index is -0.175. The Bertz CT molecular complexity index is 636. The molecule has 1 aromatic rings. The normalized spacial score (nSPS) is 17.4. The molecule has 0 saturated carbocycles. The van der Waals surface area contributed by atoms with E-state index in [2.05, 4.69) is 38.1 Å².